The van der Waals surface area contributed by atoms with Crippen LogP contribution in [0.4, 0.5) is 0 Å². The van der Waals surface area contributed by atoms with Gasteiger partial charge < -0.3 is 0 Å². The molecule has 13 heavy (non-hydrogen) atoms. The van der Waals surface area contributed by atoms with E-state index in [1.54, 1.807) is 0 Å². The summed E-state index contributed by atoms with van der Waals surface area (Å²) in [6.45, 7) is 0. The fourth-order valence-electron chi connectivity index (χ4n) is 0.637. The monoisotopic (exact) mass is 516 g/mol. The van der Waals surface area contributed by atoms with Gasteiger partial charge in [0.05, 0.1) is 4.90 Å². The van der Waals surface area contributed by atoms with Crippen molar-refractivity contribution in [2.75, 3.05) is 0 Å². The molecule has 0 spiro atoms. The predicted octanol–water partition coefficient (Wildman–Crippen LogP) is 2.46. The van der Waals surface area contributed by atoms with Crippen LogP contribution in [-0.4, -0.2) is 13.0 Å². The molecule has 0 unspecified atom stereocenters. The van der Waals surface area contributed by atoms with Crippen LogP contribution in [0.15, 0.2) is 32.0 Å². The average molecular weight is 517 g/mol. The molecule has 1 aromatic rings. The summed E-state index contributed by atoms with van der Waals surface area (Å²) in [5.41, 5.74) is 0. The third kappa shape index (κ3) is 3.95. The second-order valence-electron chi connectivity index (χ2n) is 2.05. The molecular formula is C6H4Br2HgO3S. The van der Waals surface area contributed by atoms with Gasteiger partial charge in [-0.05, 0) is 50.1 Å². The minimum Gasteiger partial charge on any atom is -0.282 e. The summed E-state index contributed by atoms with van der Waals surface area (Å²) in [7, 11) is -4.09. The van der Waals surface area contributed by atoms with E-state index in [2.05, 4.69) is 31.9 Å². The van der Waals surface area contributed by atoms with Crippen molar-refractivity contribution in [1.82, 2.24) is 0 Å². The minimum atomic E-state index is -4.09. The van der Waals surface area contributed by atoms with E-state index in [-0.39, 0.29) is 32.6 Å². The molecule has 0 amide bonds. The maximum Gasteiger partial charge on any atom is 0.294 e. The number of benzene rings is 1. The Morgan fingerprint density at radius 3 is 2.08 bits per heavy atom. The van der Waals surface area contributed by atoms with Crippen LogP contribution >= 0.6 is 31.9 Å². The van der Waals surface area contributed by atoms with Gasteiger partial charge in [-0.25, -0.2) is 0 Å². The van der Waals surface area contributed by atoms with Crippen molar-refractivity contribution in [3.8, 4) is 0 Å². The molecule has 1 aromatic carbocycles. The molecule has 7 heteroatoms. The summed E-state index contributed by atoms with van der Waals surface area (Å²) >= 11 is 6.29. The van der Waals surface area contributed by atoms with Crippen LogP contribution in [0.1, 0.15) is 0 Å². The molecule has 0 fully saturated rings. The van der Waals surface area contributed by atoms with Crippen LogP contribution < -0.4 is 0 Å². The second kappa shape index (κ2) is 5.20. The van der Waals surface area contributed by atoms with Crippen molar-refractivity contribution < 1.29 is 40.6 Å². The average Bonchev–Trinajstić information content (AvgIpc) is 1.92. The van der Waals surface area contributed by atoms with Crippen LogP contribution in [0, 0.1) is 0 Å². The fraction of sp³-hybridized carbons (Fsp3) is 0. The van der Waals surface area contributed by atoms with Gasteiger partial charge in [0, 0.05) is 36.6 Å². The summed E-state index contributed by atoms with van der Waals surface area (Å²) in [4.78, 5) is -0.127. The Labute approximate surface area is 113 Å². The van der Waals surface area contributed by atoms with E-state index in [0.717, 1.165) is 4.47 Å². The van der Waals surface area contributed by atoms with Gasteiger partial charge in [0.1, 0.15) is 0 Å². The number of halogens is 2. The van der Waals surface area contributed by atoms with Gasteiger partial charge in [-0.15, -0.1) is 0 Å². The van der Waals surface area contributed by atoms with Gasteiger partial charge in [-0.3, -0.25) is 4.55 Å². The Morgan fingerprint density at radius 2 is 1.69 bits per heavy atom. The molecule has 0 heterocycles. The van der Waals surface area contributed by atoms with Crippen LogP contribution in [0.2, 0.25) is 0 Å². The van der Waals surface area contributed by atoms with E-state index in [0.29, 0.717) is 4.47 Å². The first kappa shape index (κ1) is 14.0. The Hall–Kier alpha value is 1.03. The topological polar surface area (TPSA) is 54.4 Å². The first-order valence-corrected chi connectivity index (χ1v) is 5.86. The largest absolute Gasteiger partial charge is 0.294 e. The molecule has 0 saturated carbocycles. The summed E-state index contributed by atoms with van der Waals surface area (Å²) in [6.07, 6.45) is 0. The molecule has 3 nitrogen and oxygen atoms in total. The first-order chi connectivity index (χ1) is 5.41. The van der Waals surface area contributed by atoms with E-state index >= 15 is 0 Å². The summed E-state index contributed by atoms with van der Waals surface area (Å²) < 4.78 is 31.2. The van der Waals surface area contributed by atoms with Crippen molar-refractivity contribution in [3.63, 3.8) is 0 Å². The molecule has 0 bridgehead atoms. The zero-order valence-corrected chi connectivity index (χ0v) is 15.9. The smallest absolute Gasteiger partial charge is 0.282 e. The van der Waals surface area contributed by atoms with Gasteiger partial charge in [0.25, 0.3) is 10.1 Å². The van der Waals surface area contributed by atoms with E-state index in [1.165, 1.54) is 18.2 Å². The normalized spacial score (nSPS) is 10.7. The molecule has 0 aliphatic heterocycles. The maximum absolute atomic E-state index is 10.6. The molecule has 0 saturated heterocycles. The summed E-state index contributed by atoms with van der Waals surface area (Å²) in [6, 6.07) is 4.16. The van der Waals surface area contributed by atoms with Crippen molar-refractivity contribution >= 4 is 42.0 Å². The molecule has 68 valence electrons. The van der Waals surface area contributed by atoms with E-state index in [4.69, 9.17) is 4.55 Å². The molecule has 0 aliphatic rings. The van der Waals surface area contributed by atoms with Gasteiger partial charge >= 0.3 is 0 Å². The maximum atomic E-state index is 10.6. The summed E-state index contributed by atoms with van der Waals surface area (Å²) in [5.74, 6) is 0. The molecule has 0 aliphatic carbocycles. The van der Waals surface area contributed by atoms with Crippen LogP contribution in [0.25, 0.3) is 0 Å². The third-order valence-electron chi connectivity index (χ3n) is 1.19. The van der Waals surface area contributed by atoms with Crippen LogP contribution in [0.5, 0.6) is 0 Å². The molecule has 0 radical (unpaired) electrons. The molecule has 1 rings (SSSR count). The second-order valence-corrected chi connectivity index (χ2v) is 5.18. The Balaban J connectivity index is 0.00000144. The molecule has 1 N–H and O–H groups in total. The number of hydrogen-bond acceptors (Lipinski definition) is 2. The minimum absolute atomic E-state index is 0. The van der Waals surface area contributed by atoms with Gasteiger partial charge in [0.2, 0.25) is 0 Å². The van der Waals surface area contributed by atoms with Crippen LogP contribution in [-0.2, 0) is 37.8 Å². The van der Waals surface area contributed by atoms with E-state index in [9.17, 15) is 8.42 Å². The van der Waals surface area contributed by atoms with Gasteiger partial charge in [0.15, 0.2) is 0 Å². The van der Waals surface area contributed by atoms with Crippen LogP contribution in [0.3, 0.4) is 0 Å². The summed E-state index contributed by atoms with van der Waals surface area (Å²) in [5, 5.41) is 0. The standard InChI is InChI=1S/C6H4Br2O3S.Hg/c7-5-2-1-4(3-6(5)8)12(9,10)11;/h1-3H,(H,9,10,11);. The number of hydrogen-bond donors (Lipinski definition) is 1. The first-order valence-electron chi connectivity index (χ1n) is 2.84. The predicted molar refractivity (Wildman–Crippen MR) is 51.7 cm³/mol. The van der Waals surface area contributed by atoms with Crippen molar-refractivity contribution in [3.05, 3.63) is 27.1 Å². The Kier molecular flexibility index (Phi) is 5.61. The molecule has 0 atom stereocenters. The third-order valence-corrected chi connectivity index (χ3v) is 3.92. The SMILES string of the molecule is O=S(=O)(O)c1ccc(Br)c(Br)c1.[Hg]. The Bertz CT molecular complexity index is 404. The zero-order chi connectivity index (χ0) is 9.35. The Morgan fingerprint density at radius 1 is 1.15 bits per heavy atom. The van der Waals surface area contributed by atoms with Gasteiger partial charge in [-0.1, -0.05) is 0 Å². The molecule has 0 aromatic heterocycles. The number of rotatable bonds is 1. The molecular weight excluding hydrogens is 513 g/mol. The van der Waals surface area contributed by atoms with E-state index < -0.39 is 10.1 Å². The fourth-order valence-corrected chi connectivity index (χ4v) is 1.92. The zero-order valence-electron chi connectivity index (χ0n) is 6.37. The van der Waals surface area contributed by atoms with Crippen molar-refractivity contribution in [2.24, 2.45) is 0 Å². The van der Waals surface area contributed by atoms with Crippen molar-refractivity contribution in [1.29, 1.82) is 0 Å². The van der Waals surface area contributed by atoms with Gasteiger partial charge in [-0.2, -0.15) is 8.42 Å². The van der Waals surface area contributed by atoms with Crippen molar-refractivity contribution in [2.45, 2.75) is 4.90 Å². The van der Waals surface area contributed by atoms with E-state index in [1.807, 2.05) is 0 Å². The quantitative estimate of drug-likeness (QED) is 0.461.